The molecule has 4 rings (SSSR count). The number of hydrogen-bond donors (Lipinski definition) is 0. The number of nitrogens with zero attached hydrogens (tertiary/aromatic N) is 4. The van der Waals surface area contributed by atoms with E-state index >= 15 is 0 Å². The molecule has 0 aromatic heterocycles. The number of methoxy groups -OCH3 is 1. The van der Waals surface area contributed by atoms with E-state index in [0.29, 0.717) is 49.0 Å². The molecular weight excluding hydrogens is 487 g/mol. The van der Waals surface area contributed by atoms with Crippen molar-refractivity contribution in [3.63, 3.8) is 0 Å². The third-order valence-electron chi connectivity index (χ3n) is 6.34. The molecule has 0 bridgehead atoms. The zero-order valence-electron chi connectivity index (χ0n) is 20.2. The Labute approximate surface area is 215 Å². The number of morpholine rings is 1. The summed E-state index contributed by atoms with van der Waals surface area (Å²) in [6, 6.07) is 13.1. The van der Waals surface area contributed by atoms with Crippen LogP contribution in [0.15, 0.2) is 53.6 Å². The van der Waals surface area contributed by atoms with Crippen LogP contribution in [0.5, 0.6) is 0 Å². The summed E-state index contributed by atoms with van der Waals surface area (Å²) in [5.41, 5.74) is 1.65. The minimum atomic E-state index is -0.442. The minimum Gasteiger partial charge on any atom is -0.379 e. The molecule has 2 aliphatic rings. The van der Waals surface area contributed by atoms with Gasteiger partial charge in [0.25, 0.3) is 5.91 Å². The van der Waals surface area contributed by atoms with Crippen molar-refractivity contribution in [1.82, 2.24) is 14.8 Å². The molecular formula is C26H30ClFN4O4. The van der Waals surface area contributed by atoms with E-state index in [9.17, 15) is 14.0 Å². The maximum atomic E-state index is 14.5. The maximum absolute atomic E-state index is 14.5. The van der Waals surface area contributed by atoms with Gasteiger partial charge in [-0.15, -0.1) is 0 Å². The molecule has 36 heavy (non-hydrogen) atoms. The largest absolute Gasteiger partial charge is 0.379 e. The smallest absolute Gasteiger partial charge is 0.262 e. The lowest BCUT2D eigenvalue weighted by Crippen LogP contribution is -2.47. The molecule has 0 spiro atoms. The van der Waals surface area contributed by atoms with E-state index in [1.54, 1.807) is 30.3 Å². The Bertz CT molecular complexity index is 1090. The number of amides is 2. The van der Waals surface area contributed by atoms with Crippen LogP contribution in [0.25, 0.3) is 0 Å². The molecule has 2 amide bonds. The van der Waals surface area contributed by atoms with E-state index in [-0.39, 0.29) is 25.0 Å². The van der Waals surface area contributed by atoms with Gasteiger partial charge in [0, 0.05) is 50.3 Å². The lowest BCUT2D eigenvalue weighted by molar-refractivity contribution is -0.143. The topological polar surface area (TPSA) is 74.7 Å². The maximum Gasteiger partial charge on any atom is 0.262 e. The van der Waals surface area contributed by atoms with Crippen LogP contribution in [0.2, 0.25) is 5.02 Å². The number of ether oxygens (including phenoxy) is 2. The average Bonchev–Trinajstić information content (AvgIpc) is 3.33. The van der Waals surface area contributed by atoms with E-state index in [0.717, 1.165) is 18.7 Å². The fourth-order valence-electron chi connectivity index (χ4n) is 4.37. The van der Waals surface area contributed by atoms with Crippen LogP contribution >= 0.6 is 11.6 Å². The van der Waals surface area contributed by atoms with Crippen LogP contribution < -0.4 is 0 Å². The van der Waals surface area contributed by atoms with Gasteiger partial charge in [-0.25, -0.2) is 9.40 Å². The van der Waals surface area contributed by atoms with Gasteiger partial charge in [0.15, 0.2) is 0 Å². The van der Waals surface area contributed by atoms with Crippen molar-refractivity contribution in [2.45, 2.75) is 12.5 Å². The van der Waals surface area contributed by atoms with E-state index in [2.05, 4.69) is 10.0 Å². The lowest BCUT2D eigenvalue weighted by Gasteiger charge is -2.31. The second-order valence-electron chi connectivity index (χ2n) is 8.74. The molecule has 8 nitrogen and oxygen atoms in total. The molecule has 1 saturated heterocycles. The molecule has 2 aromatic carbocycles. The molecule has 0 aliphatic carbocycles. The molecule has 0 radical (unpaired) electrons. The quantitative estimate of drug-likeness (QED) is 0.512. The third kappa shape index (κ3) is 6.47. The summed E-state index contributed by atoms with van der Waals surface area (Å²) in [5, 5.41) is 6.48. The minimum absolute atomic E-state index is 0.124. The van der Waals surface area contributed by atoms with Gasteiger partial charge < -0.3 is 14.4 Å². The molecule has 1 atom stereocenters. The summed E-state index contributed by atoms with van der Waals surface area (Å²) >= 11 is 6.07. The Balaban J connectivity index is 1.55. The zero-order valence-corrected chi connectivity index (χ0v) is 21.0. The van der Waals surface area contributed by atoms with Crippen molar-refractivity contribution in [2.75, 3.05) is 59.7 Å². The number of rotatable bonds is 9. The Kier molecular flexibility index (Phi) is 9.03. The highest BCUT2D eigenvalue weighted by atomic mass is 35.5. The summed E-state index contributed by atoms with van der Waals surface area (Å²) in [4.78, 5) is 30.0. The zero-order chi connectivity index (χ0) is 25.5. The molecule has 0 unspecified atom stereocenters. The SMILES string of the molecule is COCC(=O)N(CCN1CCOCC1)CC(=O)N1N=C(c2ccccc2F)C[C@H]1c1ccc(Cl)cc1. The van der Waals surface area contributed by atoms with Crippen molar-refractivity contribution in [1.29, 1.82) is 0 Å². The van der Waals surface area contributed by atoms with Crippen LogP contribution in [0.3, 0.4) is 0 Å². The highest BCUT2D eigenvalue weighted by Crippen LogP contribution is 2.34. The van der Waals surface area contributed by atoms with E-state index in [1.165, 1.54) is 23.1 Å². The predicted octanol–water partition coefficient (Wildman–Crippen LogP) is 2.96. The van der Waals surface area contributed by atoms with Gasteiger partial charge in [0.05, 0.1) is 25.0 Å². The summed E-state index contributed by atoms with van der Waals surface area (Å²) in [6.07, 6.45) is 0.341. The Morgan fingerprint density at radius 3 is 2.58 bits per heavy atom. The van der Waals surface area contributed by atoms with Gasteiger partial charge in [-0.1, -0.05) is 41.9 Å². The highest BCUT2D eigenvalue weighted by Gasteiger charge is 2.35. The number of halogens is 2. The first-order valence-corrected chi connectivity index (χ1v) is 12.3. The lowest BCUT2D eigenvalue weighted by atomic mass is 9.98. The molecule has 1 fully saturated rings. The number of hydrazone groups is 1. The van der Waals surface area contributed by atoms with Crippen molar-refractivity contribution in [2.24, 2.45) is 5.10 Å². The van der Waals surface area contributed by atoms with Gasteiger partial charge >= 0.3 is 0 Å². The molecule has 2 heterocycles. The molecule has 0 N–H and O–H groups in total. The summed E-state index contributed by atoms with van der Waals surface area (Å²) in [6.45, 7) is 3.56. The number of carbonyl (C=O) groups is 2. The average molecular weight is 517 g/mol. The predicted molar refractivity (Wildman–Crippen MR) is 134 cm³/mol. The first-order chi connectivity index (χ1) is 17.5. The third-order valence-corrected chi connectivity index (χ3v) is 6.59. The van der Waals surface area contributed by atoms with Crippen LogP contribution in [-0.2, 0) is 19.1 Å². The van der Waals surface area contributed by atoms with E-state index in [1.807, 2.05) is 12.1 Å². The van der Waals surface area contributed by atoms with Gasteiger partial charge in [-0.3, -0.25) is 14.5 Å². The molecule has 2 aromatic rings. The Morgan fingerprint density at radius 1 is 1.17 bits per heavy atom. The normalized spacial score (nSPS) is 18.2. The van der Waals surface area contributed by atoms with Crippen molar-refractivity contribution < 1.29 is 23.5 Å². The summed E-state index contributed by atoms with van der Waals surface area (Å²) in [7, 11) is 1.45. The van der Waals surface area contributed by atoms with Crippen LogP contribution in [-0.4, -0.2) is 92.0 Å². The summed E-state index contributed by atoms with van der Waals surface area (Å²) < 4.78 is 25.0. The second kappa shape index (κ2) is 12.4. The Hall–Kier alpha value is -2.85. The fourth-order valence-corrected chi connectivity index (χ4v) is 4.50. The molecule has 2 aliphatic heterocycles. The van der Waals surface area contributed by atoms with Gasteiger partial charge in [-0.05, 0) is 23.8 Å². The highest BCUT2D eigenvalue weighted by molar-refractivity contribution is 6.30. The molecule has 10 heteroatoms. The van der Waals surface area contributed by atoms with Crippen molar-refractivity contribution in [3.8, 4) is 0 Å². The molecule has 0 saturated carbocycles. The fraction of sp³-hybridized carbons (Fsp3) is 0.423. The Morgan fingerprint density at radius 2 is 1.89 bits per heavy atom. The molecule has 192 valence electrons. The van der Waals surface area contributed by atoms with Crippen molar-refractivity contribution >= 4 is 29.1 Å². The number of hydrogen-bond acceptors (Lipinski definition) is 6. The van der Waals surface area contributed by atoms with Crippen LogP contribution in [0, 0.1) is 5.82 Å². The standard InChI is InChI=1S/C26H30ClFN4O4/c1-35-18-26(34)31(11-10-30-12-14-36-15-13-30)17-25(33)32-24(19-6-8-20(27)9-7-19)16-23(29-32)21-4-2-3-5-22(21)28/h2-9,24H,10-18H2,1H3/t24-/m0/s1. The van der Waals surface area contributed by atoms with Gasteiger partial charge in [-0.2, -0.15) is 5.10 Å². The summed E-state index contributed by atoms with van der Waals surface area (Å²) in [5.74, 6) is -1.03. The van der Waals surface area contributed by atoms with Crippen LogP contribution in [0.4, 0.5) is 4.39 Å². The van der Waals surface area contributed by atoms with E-state index in [4.69, 9.17) is 21.1 Å². The first kappa shape index (κ1) is 26.2. The number of carbonyl (C=O) groups excluding carboxylic acids is 2. The second-order valence-corrected chi connectivity index (χ2v) is 9.18. The number of benzene rings is 2. The monoisotopic (exact) mass is 516 g/mol. The van der Waals surface area contributed by atoms with Gasteiger partial charge in [0.2, 0.25) is 5.91 Å². The van der Waals surface area contributed by atoms with E-state index < -0.39 is 11.9 Å². The van der Waals surface area contributed by atoms with Crippen molar-refractivity contribution in [3.05, 3.63) is 70.5 Å². The van der Waals surface area contributed by atoms with Gasteiger partial charge in [0.1, 0.15) is 19.0 Å². The van der Waals surface area contributed by atoms with Crippen LogP contribution in [0.1, 0.15) is 23.6 Å². The first-order valence-electron chi connectivity index (χ1n) is 11.9.